The molecule has 1 aliphatic carbocycles. The van der Waals surface area contributed by atoms with Gasteiger partial charge in [-0.1, -0.05) is 12.1 Å². The second-order valence-corrected chi connectivity index (χ2v) is 6.80. The van der Waals surface area contributed by atoms with E-state index < -0.39 is 5.60 Å². The number of amides is 1. The summed E-state index contributed by atoms with van der Waals surface area (Å²) in [6.45, 7) is 0.122. The number of benzene rings is 2. The molecular weight excluding hydrogens is 349 g/mol. The largest absolute Gasteiger partial charge is 0.493 e. The molecule has 0 aliphatic heterocycles. The molecule has 0 saturated heterocycles. The van der Waals surface area contributed by atoms with Crippen LogP contribution in [0.3, 0.4) is 0 Å². The zero-order valence-corrected chi connectivity index (χ0v) is 15.5. The molecule has 27 heavy (non-hydrogen) atoms. The van der Waals surface area contributed by atoms with Gasteiger partial charge in [0.25, 0.3) is 0 Å². The predicted octanol–water partition coefficient (Wildman–Crippen LogP) is 2.73. The molecule has 0 radical (unpaired) electrons. The monoisotopic (exact) mass is 373 g/mol. The first kappa shape index (κ1) is 19.2. The molecule has 0 bridgehead atoms. The molecule has 0 heterocycles. The number of carbonyl (C=O) groups excluding carboxylic acids is 1. The molecule has 0 fully saturated rings. The Bertz CT molecular complexity index is 839. The Morgan fingerprint density at radius 1 is 1.22 bits per heavy atom. The van der Waals surface area contributed by atoms with Crippen LogP contribution in [0.15, 0.2) is 36.4 Å². The number of methoxy groups -OCH3 is 2. The van der Waals surface area contributed by atoms with Crippen LogP contribution >= 0.6 is 0 Å². The second-order valence-electron chi connectivity index (χ2n) is 6.80. The third-order valence-corrected chi connectivity index (χ3v) is 5.03. The molecule has 144 valence electrons. The van der Waals surface area contributed by atoms with Crippen LogP contribution in [0.2, 0.25) is 0 Å². The number of fused-ring (bicyclic) bond motifs is 1. The third kappa shape index (κ3) is 4.22. The van der Waals surface area contributed by atoms with E-state index in [0.717, 1.165) is 16.7 Å². The fraction of sp³-hybridized carbons (Fsp3) is 0.381. The minimum absolute atomic E-state index is 0.122. The molecule has 0 spiro atoms. The van der Waals surface area contributed by atoms with Gasteiger partial charge in [0.1, 0.15) is 11.4 Å². The molecule has 5 nitrogen and oxygen atoms in total. The molecule has 1 unspecified atom stereocenters. The first-order valence-corrected chi connectivity index (χ1v) is 8.94. The van der Waals surface area contributed by atoms with Crippen LogP contribution in [0.1, 0.15) is 29.5 Å². The molecule has 2 aromatic rings. The van der Waals surface area contributed by atoms with E-state index in [-0.39, 0.29) is 24.7 Å². The second kappa shape index (κ2) is 7.96. The van der Waals surface area contributed by atoms with E-state index in [9.17, 15) is 14.3 Å². The van der Waals surface area contributed by atoms with Gasteiger partial charge in [0, 0.05) is 6.42 Å². The molecule has 0 saturated carbocycles. The normalized spacial score (nSPS) is 18.1. The summed E-state index contributed by atoms with van der Waals surface area (Å²) >= 11 is 0. The molecule has 2 N–H and O–H groups in total. The standard InChI is InChI=1S/C21H24FNO4/c1-26-18-11-15-8-9-21(25,17(15)12-19(18)27-2)13-23-20(24)7-6-14-4-3-5-16(22)10-14/h3-5,10-12,25H,6-9,13H2,1-2H3,(H,23,24). The fourth-order valence-electron chi connectivity index (χ4n) is 3.50. The summed E-state index contributed by atoms with van der Waals surface area (Å²) in [7, 11) is 3.12. The highest BCUT2D eigenvalue weighted by atomic mass is 19.1. The maximum absolute atomic E-state index is 13.2. The Morgan fingerprint density at radius 2 is 1.96 bits per heavy atom. The zero-order chi connectivity index (χ0) is 19.4. The highest BCUT2D eigenvalue weighted by Crippen LogP contribution is 2.42. The molecule has 1 atom stereocenters. The summed E-state index contributed by atoms with van der Waals surface area (Å²) in [5.74, 6) is 0.685. The van der Waals surface area contributed by atoms with Crippen LogP contribution in [-0.4, -0.2) is 31.8 Å². The summed E-state index contributed by atoms with van der Waals surface area (Å²) in [6, 6.07) is 9.87. The first-order chi connectivity index (χ1) is 12.9. The molecule has 3 rings (SSSR count). The van der Waals surface area contributed by atoms with E-state index in [1.807, 2.05) is 6.07 Å². The summed E-state index contributed by atoms with van der Waals surface area (Å²) in [5.41, 5.74) is 1.38. The lowest BCUT2D eigenvalue weighted by Gasteiger charge is -2.25. The van der Waals surface area contributed by atoms with Gasteiger partial charge in [-0.2, -0.15) is 0 Å². The van der Waals surface area contributed by atoms with Crippen molar-refractivity contribution in [3.63, 3.8) is 0 Å². The zero-order valence-electron chi connectivity index (χ0n) is 15.5. The average Bonchev–Trinajstić information content (AvgIpc) is 3.00. The van der Waals surface area contributed by atoms with Crippen LogP contribution in [0.4, 0.5) is 4.39 Å². The van der Waals surface area contributed by atoms with Crippen molar-refractivity contribution in [1.29, 1.82) is 0 Å². The van der Waals surface area contributed by atoms with Crippen LogP contribution in [0.25, 0.3) is 0 Å². The van der Waals surface area contributed by atoms with Crippen molar-refractivity contribution in [2.75, 3.05) is 20.8 Å². The number of hydrogen-bond donors (Lipinski definition) is 2. The minimum atomic E-state index is -1.14. The number of rotatable bonds is 7. The molecule has 0 aromatic heterocycles. The van der Waals surface area contributed by atoms with Crippen molar-refractivity contribution in [2.45, 2.75) is 31.3 Å². The van der Waals surface area contributed by atoms with Gasteiger partial charge in [-0.25, -0.2) is 4.39 Å². The lowest BCUT2D eigenvalue weighted by Crippen LogP contribution is -2.39. The van der Waals surface area contributed by atoms with Crippen molar-refractivity contribution < 1.29 is 23.8 Å². The van der Waals surface area contributed by atoms with Crippen molar-refractivity contribution in [3.8, 4) is 11.5 Å². The average molecular weight is 373 g/mol. The first-order valence-electron chi connectivity index (χ1n) is 8.94. The summed E-state index contributed by atoms with van der Waals surface area (Å²) in [6.07, 6.45) is 1.90. The lowest BCUT2D eigenvalue weighted by molar-refractivity contribution is -0.122. The minimum Gasteiger partial charge on any atom is -0.493 e. The van der Waals surface area contributed by atoms with Gasteiger partial charge in [0.05, 0.1) is 20.8 Å². The van der Waals surface area contributed by atoms with Gasteiger partial charge in [-0.15, -0.1) is 0 Å². The Kier molecular flexibility index (Phi) is 5.65. The van der Waals surface area contributed by atoms with E-state index >= 15 is 0 Å². The SMILES string of the molecule is COc1cc2c(cc1OC)C(O)(CNC(=O)CCc1cccc(F)c1)CC2. The quantitative estimate of drug-likeness (QED) is 0.783. The van der Waals surface area contributed by atoms with Gasteiger partial charge in [0.2, 0.25) is 5.91 Å². The molecule has 2 aromatic carbocycles. The Hall–Kier alpha value is -2.60. The van der Waals surface area contributed by atoms with Gasteiger partial charge in [-0.05, 0) is 60.2 Å². The van der Waals surface area contributed by atoms with Crippen molar-refractivity contribution in [2.24, 2.45) is 0 Å². The van der Waals surface area contributed by atoms with Gasteiger partial charge < -0.3 is 19.9 Å². The van der Waals surface area contributed by atoms with Crippen LogP contribution in [0.5, 0.6) is 11.5 Å². The fourth-order valence-corrected chi connectivity index (χ4v) is 3.50. The number of carbonyl (C=O) groups is 1. The van der Waals surface area contributed by atoms with Crippen LogP contribution in [-0.2, 0) is 23.2 Å². The van der Waals surface area contributed by atoms with Crippen LogP contribution in [0, 0.1) is 5.82 Å². The number of aryl methyl sites for hydroxylation is 2. The number of hydrogen-bond acceptors (Lipinski definition) is 4. The van der Waals surface area contributed by atoms with Crippen LogP contribution < -0.4 is 14.8 Å². The Morgan fingerprint density at radius 3 is 2.67 bits per heavy atom. The number of aliphatic hydroxyl groups is 1. The van der Waals surface area contributed by atoms with E-state index in [1.54, 1.807) is 32.4 Å². The van der Waals surface area contributed by atoms with Gasteiger partial charge in [-0.3, -0.25) is 4.79 Å². The molecule has 6 heteroatoms. The number of halogens is 1. The predicted molar refractivity (Wildman–Crippen MR) is 99.5 cm³/mol. The molecule has 1 amide bonds. The van der Waals surface area contributed by atoms with E-state index in [1.165, 1.54) is 12.1 Å². The highest BCUT2D eigenvalue weighted by Gasteiger charge is 2.38. The number of ether oxygens (including phenoxy) is 2. The summed E-state index contributed by atoms with van der Waals surface area (Å²) < 4.78 is 23.8. The van der Waals surface area contributed by atoms with Crippen molar-refractivity contribution >= 4 is 5.91 Å². The maximum atomic E-state index is 13.2. The molecule has 1 aliphatic rings. The topological polar surface area (TPSA) is 67.8 Å². The van der Waals surface area contributed by atoms with Gasteiger partial charge in [0.15, 0.2) is 11.5 Å². The van der Waals surface area contributed by atoms with E-state index in [0.29, 0.717) is 30.8 Å². The lowest BCUT2D eigenvalue weighted by atomic mass is 9.95. The van der Waals surface area contributed by atoms with Crippen molar-refractivity contribution in [1.82, 2.24) is 5.32 Å². The van der Waals surface area contributed by atoms with Crippen molar-refractivity contribution in [3.05, 3.63) is 58.9 Å². The summed E-state index contributed by atoms with van der Waals surface area (Å²) in [4.78, 5) is 12.2. The van der Waals surface area contributed by atoms with E-state index in [4.69, 9.17) is 9.47 Å². The Labute approximate surface area is 158 Å². The smallest absolute Gasteiger partial charge is 0.220 e. The number of nitrogens with one attached hydrogen (secondary N) is 1. The van der Waals surface area contributed by atoms with Gasteiger partial charge >= 0.3 is 0 Å². The Balaban J connectivity index is 1.62. The highest BCUT2D eigenvalue weighted by molar-refractivity contribution is 5.76. The third-order valence-electron chi connectivity index (χ3n) is 5.03. The molecular formula is C21H24FNO4. The van der Waals surface area contributed by atoms with E-state index in [2.05, 4.69) is 5.32 Å². The maximum Gasteiger partial charge on any atom is 0.220 e. The summed E-state index contributed by atoms with van der Waals surface area (Å²) in [5, 5.41) is 13.8.